The predicted molar refractivity (Wildman–Crippen MR) is 455 cm³/mol. The lowest BCUT2D eigenvalue weighted by Crippen LogP contribution is -2.67. The topological polar surface area (TPSA) is 580 Å². The lowest BCUT2D eigenvalue weighted by molar-refractivity contribution is -0.341. The van der Waals surface area contributed by atoms with Gasteiger partial charge in [0.2, 0.25) is 23.6 Å². The van der Waals surface area contributed by atoms with Gasteiger partial charge in [0.05, 0.1) is 247 Å². The van der Waals surface area contributed by atoms with Crippen LogP contribution in [0.3, 0.4) is 0 Å². The molecular formula is C86H123F7N10O36. The molecule has 13 N–H and O–H groups in total. The minimum atomic E-state index is -5.25. The van der Waals surface area contributed by atoms with E-state index in [2.05, 4.69) is 31.6 Å². The molecule has 139 heavy (non-hydrogen) atoms. The van der Waals surface area contributed by atoms with Crippen LogP contribution in [-0.2, 0) is 134 Å². The van der Waals surface area contributed by atoms with Crippen molar-refractivity contribution >= 4 is 52.1 Å². The zero-order valence-electron chi connectivity index (χ0n) is 76.4. The lowest BCUT2D eigenvalue weighted by Gasteiger charge is -2.42. The number of halogens is 7. The van der Waals surface area contributed by atoms with Crippen molar-refractivity contribution in [3.63, 3.8) is 0 Å². The Morgan fingerprint density at radius 2 is 0.899 bits per heavy atom. The summed E-state index contributed by atoms with van der Waals surface area (Å²) in [6.07, 6.45) is -22.5. The molecule has 16 atom stereocenters. The number of aliphatic hydroxyl groups is 6. The number of fused-ring (bicyclic) bond motifs is 7. The lowest BCUT2D eigenvalue weighted by atomic mass is 9.77. The Kier molecular flexibility index (Phi) is 45.7. The molecule has 6 heterocycles. The molecule has 6 bridgehead atoms. The fraction of sp³-hybridized carbons (Fsp3) is 0.721. The third kappa shape index (κ3) is 35.2. The van der Waals surface area contributed by atoms with Gasteiger partial charge in [-0.2, -0.15) is 26.3 Å². The van der Waals surface area contributed by atoms with Crippen LogP contribution in [0.1, 0.15) is 58.3 Å². The molecule has 6 fully saturated rings. The van der Waals surface area contributed by atoms with E-state index in [9.17, 15) is 100 Å². The first-order chi connectivity index (χ1) is 66.7. The van der Waals surface area contributed by atoms with Crippen molar-refractivity contribution in [1.29, 1.82) is 0 Å². The van der Waals surface area contributed by atoms with Crippen LogP contribution in [0.2, 0.25) is 0 Å². The third-order valence-electron chi connectivity index (χ3n) is 22.7. The number of phenolic OH excluding ortho intramolecular Hbond substituents is 1. The van der Waals surface area contributed by atoms with Crippen LogP contribution in [0.25, 0.3) is 28.0 Å². The van der Waals surface area contributed by atoms with Gasteiger partial charge in [-0.1, -0.05) is 11.3 Å². The number of Topliss-reactive ketones (excluding diaryl/α,β-unsaturated/α-hetero) is 1. The number of alkyl halides is 6. The highest BCUT2D eigenvalue weighted by Crippen LogP contribution is 2.44. The summed E-state index contributed by atoms with van der Waals surface area (Å²) in [7, 11) is 0. The minimum absolute atomic E-state index is 0.00923. The molecule has 6 amide bonds. The number of carbonyl (C=O) groups is 7. The molecule has 0 radical (unpaired) electrons. The number of aliphatic hydroxyl groups excluding tert-OH is 6. The second-order valence-corrected chi connectivity index (χ2v) is 33.4. The molecule has 53 heteroatoms. The van der Waals surface area contributed by atoms with Crippen LogP contribution in [0.4, 0.5) is 30.7 Å². The summed E-state index contributed by atoms with van der Waals surface area (Å²) in [5, 5.41) is 96.5. The maximum absolute atomic E-state index is 14.3. The highest BCUT2D eigenvalue weighted by Gasteiger charge is 2.64. The normalized spacial score (nSPS) is 24.7. The van der Waals surface area contributed by atoms with Gasteiger partial charge in [0.25, 0.3) is 0 Å². The molecular weight excluding hydrogens is 1880 g/mol. The molecule has 4 aliphatic heterocycles. The molecule has 4 aromatic rings. The number of phenols is 1. The number of ether oxygens (including phenoxy) is 18. The van der Waals surface area contributed by atoms with Gasteiger partial charge in [-0.05, 0) is 42.8 Å². The summed E-state index contributed by atoms with van der Waals surface area (Å²) in [4.78, 5) is 114. The summed E-state index contributed by atoms with van der Waals surface area (Å²) >= 11 is 0. The van der Waals surface area contributed by atoms with Crippen molar-refractivity contribution in [2.24, 2.45) is 5.41 Å². The molecule has 2 saturated carbocycles. The van der Waals surface area contributed by atoms with Crippen LogP contribution >= 0.6 is 0 Å². The Balaban J connectivity index is 0.646. The Hall–Kier alpha value is -8.49. The van der Waals surface area contributed by atoms with Crippen molar-refractivity contribution in [3.05, 3.63) is 60.5 Å². The van der Waals surface area contributed by atoms with Crippen LogP contribution < -0.4 is 36.6 Å². The van der Waals surface area contributed by atoms with E-state index in [0.29, 0.717) is 28.3 Å². The average Bonchev–Trinajstić information content (AvgIpc) is 1.61. The summed E-state index contributed by atoms with van der Waals surface area (Å²) in [5.41, 5.74) is -3.99. The summed E-state index contributed by atoms with van der Waals surface area (Å²) < 4.78 is 195. The van der Waals surface area contributed by atoms with E-state index in [4.69, 9.17) is 110 Å². The van der Waals surface area contributed by atoms with Crippen molar-refractivity contribution in [2.45, 2.75) is 161 Å². The Morgan fingerprint density at radius 3 is 1.35 bits per heavy atom. The number of ketones is 1. The fourth-order valence-corrected chi connectivity index (χ4v) is 15.4. The van der Waals surface area contributed by atoms with Gasteiger partial charge in [-0.3, -0.25) is 33.6 Å². The number of benzene rings is 2. The van der Waals surface area contributed by atoms with Crippen molar-refractivity contribution in [1.82, 2.24) is 51.9 Å². The van der Waals surface area contributed by atoms with Crippen LogP contribution in [-0.4, -0.2) is 430 Å². The third-order valence-corrected chi connectivity index (χ3v) is 22.7. The van der Waals surface area contributed by atoms with Crippen molar-refractivity contribution in [3.8, 4) is 28.6 Å². The second kappa shape index (κ2) is 56.5. The number of amides is 6. The molecule has 4 saturated heterocycles. The number of rotatable bonds is 69. The van der Waals surface area contributed by atoms with Gasteiger partial charge in [-0.15, -0.1) is 5.10 Å². The summed E-state index contributed by atoms with van der Waals surface area (Å²) in [5.74, 6) is -7.33. The van der Waals surface area contributed by atoms with E-state index in [1.807, 2.05) is 6.07 Å². The van der Waals surface area contributed by atoms with Gasteiger partial charge in [-0.25, -0.2) is 33.6 Å². The van der Waals surface area contributed by atoms with Crippen molar-refractivity contribution in [2.75, 3.05) is 231 Å². The Morgan fingerprint density at radius 1 is 0.475 bits per heavy atom. The van der Waals surface area contributed by atoms with Crippen LogP contribution in [0.15, 0.2) is 54.7 Å². The second-order valence-electron chi connectivity index (χ2n) is 33.4. The minimum Gasteiger partial charge on any atom is -0.505 e. The number of aromatic nitrogens is 4. The predicted octanol–water partition coefficient (Wildman–Crippen LogP) is -1.96. The van der Waals surface area contributed by atoms with Crippen molar-refractivity contribution < 1.29 is 205 Å². The quantitative estimate of drug-likeness (QED) is 0.0130. The number of carbonyl (C=O) groups excluding carboxylic acids is 7. The molecule has 2 aromatic carbocycles. The zero-order valence-corrected chi connectivity index (χ0v) is 76.4. The first-order valence-electron chi connectivity index (χ1n) is 45.2. The molecule has 782 valence electrons. The first kappa shape index (κ1) is 112. The highest BCUT2D eigenvalue weighted by atomic mass is 19.4. The van der Waals surface area contributed by atoms with E-state index in [0.717, 1.165) is 11.5 Å². The SMILES string of the molecule is CC(=O)N[C@@H]1[C@@H](O)[C@@H](O)[C@@]2(COCCOCCOCCOCCNC(=O)CCOCC(COCCC(=O)NCCOCCOCCOCCOC[C@]34C[C@H](OO3)[C@H](NC(=O)C(F)(F)F)[C@@H](O)[C@H]4O)(COCCC(=O)NCCOCCOCCOCCOC[C@@]34CO[C@@H](O3)[C@H](NC(=O)C(F)(F)F)[C@@H](O)[C@H]4O)CC(=O)CCCOc3ccc4nc(-c5cn(-c6ccc(O)c(F)c6)nn5)ccc4c3)C[C@@H]1OO2. The zero-order chi connectivity index (χ0) is 99.9. The first-order valence-corrected chi connectivity index (χ1v) is 45.2. The molecule has 2 aliphatic carbocycles. The number of aromatic hydroxyl groups is 1. The Bertz CT molecular complexity index is 4310. The summed E-state index contributed by atoms with van der Waals surface area (Å²) in [6.45, 7) is 2.60. The largest absolute Gasteiger partial charge is 0.505 e. The summed E-state index contributed by atoms with van der Waals surface area (Å²) in [6, 6.07) is 8.45. The van der Waals surface area contributed by atoms with E-state index < -0.39 is 149 Å². The van der Waals surface area contributed by atoms with Crippen LogP contribution in [0.5, 0.6) is 11.5 Å². The molecule has 2 aromatic heterocycles. The van der Waals surface area contributed by atoms with Gasteiger partial charge < -0.3 is 153 Å². The number of nitrogens with zero attached hydrogens (tertiary/aromatic N) is 4. The maximum atomic E-state index is 14.3. The fourth-order valence-electron chi connectivity index (χ4n) is 15.4. The highest BCUT2D eigenvalue weighted by molar-refractivity contribution is 5.84. The number of nitrogens with one attached hydrogen (secondary N) is 6. The molecule has 10 rings (SSSR count). The van der Waals surface area contributed by atoms with E-state index in [1.165, 1.54) is 23.7 Å². The molecule has 0 spiro atoms. The van der Waals surface area contributed by atoms with E-state index in [1.54, 1.807) is 41.1 Å². The smallest absolute Gasteiger partial charge is 0.471 e. The molecule has 1 unspecified atom stereocenters. The van der Waals surface area contributed by atoms with Gasteiger partial charge >= 0.3 is 24.2 Å². The van der Waals surface area contributed by atoms with E-state index in [-0.39, 0.29) is 294 Å². The average molecular weight is 2010 g/mol. The Labute approximate surface area is 792 Å². The monoisotopic (exact) mass is 2000 g/mol. The number of pyridine rings is 1. The van der Waals surface area contributed by atoms with Gasteiger partial charge in [0.1, 0.15) is 77.7 Å². The number of hydrogen-bond donors (Lipinski definition) is 13. The van der Waals surface area contributed by atoms with E-state index >= 15 is 0 Å². The van der Waals surface area contributed by atoms with Crippen LogP contribution in [0, 0.1) is 11.2 Å². The number of hydrogen-bond acceptors (Lipinski definition) is 39. The molecule has 6 aliphatic rings. The van der Waals surface area contributed by atoms with Gasteiger partial charge in [0.15, 0.2) is 29.1 Å². The standard InChI is InChI=1S/C86H123F7N10O36/c1-54(104)97-69-64-44-82(138-136-64,75(113)72(69)110)50-130-38-35-124-32-29-121-26-23-118-20-13-94-66(107)10-17-127-47-81(43-57(105)3-2-16-133-58-6-8-60-55(41-58)4-7-61(98-60)62-46-103(102-101-62)56-5-9-63(106)59(87)42-56,48-128-18-11-67(108)95-14-21-119-24-27-122-30-33-125-36-39-131-51-83-45-65(137-139-83)70(73(111)76(83)114)99-79(116)85(88,89)90)49-129-19-12-68(109)96-15-22-120-25-28-123-31-34-126-37-40-132-52-84-53-134-78(135-84)71(74(112)77(84)115)100-80(117)86(91,92)93/h4-9,41-42,46,64-65,69-78,106,110-115H,2-3,10-40,43-45,47-53H2,1H3,(H,94,107)(H,95,108)(H,96,109)(H,97,104)(H,99,116)(H,100,117)/t64-,65-,69-,70-,71+,72+,73+,74+,75+,76+,77+,78-,81?,82-,83-,84-/m0/s1. The molecule has 46 nitrogen and oxygen atoms in total. The maximum Gasteiger partial charge on any atom is 0.471 e. The van der Waals surface area contributed by atoms with Gasteiger partial charge in [0, 0.05) is 88.4 Å².